The summed E-state index contributed by atoms with van der Waals surface area (Å²) in [5.41, 5.74) is 6.14. The maximum Gasteiger partial charge on any atom is 0.328 e. The quantitative estimate of drug-likeness (QED) is 0.414. The summed E-state index contributed by atoms with van der Waals surface area (Å²) in [6.07, 6.45) is 0. The summed E-state index contributed by atoms with van der Waals surface area (Å²) >= 11 is 0. The zero-order chi connectivity index (χ0) is 23.8. The zero-order valence-electron chi connectivity index (χ0n) is 19.3. The molecule has 8 nitrogen and oxygen atoms in total. The summed E-state index contributed by atoms with van der Waals surface area (Å²) < 4.78 is 13.3. The minimum Gasteiger partial charge on any atom is -0.486 e. The van der Waals surface area contributed by atoms with Gasteiger partial charge in [-0.2, -0.15) is 0 Å². The van der Waals surface area contributed by atoms with Crippen molar-refractivity contribution in [3.8, 4) is 33.9 Å². The molecule has 0 amide bonds. The third kappa shape index (κ3) is 3.98. The molecule has 34 heavy (non-hydrogen) atoms. The Labute approximate surface area is 196 Å². The molecule has 1 unspecified atom stereocenters. The van der Waals surface area contributed by atoms with Crippen molar-refractivity contribution in [2.45, 2.75) is 19.9 Å². The first-order valence-corrected chi connectivity index (χ1v) is 11.1. The lowest BCUT2D eigenvalue weighted by Gasteiger charge is -2.20. The van der Waals surface area contributed by atoms with Crippen LogP contribution < -0.4 is 20.1 Å². The SMILES string of the molecule is Cc1c(Nc2[nH]n(C)c3cc(=NC(C)C(=O)O)ccc2-3)cccc1-c1ccc2c(c1)OCCO2. The largest absolute Gasteiger partial charge is 0.486 e. The molecule has 3 N–H and O–H groups in total. The average Bonchev–Trinajstić information content (AvgIpc) is 3.14. The summed E-state index contributed by atoms with van der Waals surface area (Å²) in [5, 5.41) is 16.6. The van der Waals surface area contributed by atoms with Crippen LogP contribution in [-0.2, 0) is 11.8 Å². The molecule has 1 atom stereocenters. The van der Waals surface area contributed by atoms with Crippen molar-refractivity contribution >= 4 is 17.5 Å². The average molecular weight is 459 g/mol. The van der Waals surface area contributed by atoms with Gasteiger partial charge in [-0.3, -0.25) is 14.8 Å². The van der Waals surface area contributed by atoms with Crippen molar-refractivity contribution in [3.63, 3.8) is 0 Å². The number of aromatic nitrogens is 2. The van der Waals surface area contributed by atoms with Gasteiger partial charge in [0, 0.05) is 18.3 Å². The number of carbonyl (C=O) groups is 1. The number of benzene rings is 3. The maximum absolute atomic E-state index is 11.1. The highest BCUT2D eigenvalue weighted by molar-refractivity contribution is 5.82. The molecule has 0 saturated carbocycles. The second-order valence-corrected chi connectivity index (χ2v) is 8.35. The number of aromatic amines is 1. The Morgan fingerprint density at radius 3 is 2.68 bits per heavy atom. The Kier molecular flexibility index (Phi) is 5.49. The van der Waals surface area contributed by atoms with Crippen LogP contribution in [0.2, 0.25) is 0 Å². The molecule has 5 rings (SSSR count). The molecule has 0 saturated heterocycles. The van der Waals surface area contributed by atoms with Gasteiger partial charge in [-0.15, -0.1) is 0 Å². The van der Waals surface area contributed by atoms with E-state index in [1.54, 1.807) is 6.92 Å². The van der Waals surface area contributed by atoms with E-state index in [4.69, 9.17) is 14.6 Å². The molecule has 174 valence electrons. The van der Waals surface area contributed by atoms with Crippen molar-refractivity contribution in [3.05, 3.63) is 65.5 Å². The molecule has 2 aromatic carbocycles. The van der Waals surface area contributed by atoms with Gasteiger partial charge in [0.05, 0.1) is 11.1 Å². The third-order valence-corrected chi connectivity index (χ3v) is 6.04. The molecular weight excluding hydrogens is 432 g/mol. The van der Waals surface area contributed by atoms with Gasteiger partial charge in [0.15, 0.2) is 11.5 Å². The Balaban J connectivity index is 1.48. The van der Waals surface area contributed by atoms with E-state index in [-0.39, 0.29) is 0 Å². The van der Waals surface area contributed by atoms with Gasteiger partial charge in [-0.05, 0) is 66.9 Å². The minimum atomic E-state index is -0.950. The van der Waals surface area contributed by atoms with Crippen LogP contribution in [0.3, 0.4) is 0 Å². The number of carboxylic acid groups (broad SMARTS) is 1. The van der Waals surface area contributed by atoms with Gasteiger partial charge < -0.3 is 19.9 Å². The highest BCUT2D eigenvalue weighted by atomic mass is 16.6. The second-order valence-electron chi connectivity index (χ2n) is 8.35. The molecule has 1 aliphatic carbocycles. The van der Waals surface area contributed by atoms with Gasteiger partial charge in [0.1, 0.15) is 25.1 Å². The summed E-state index contributed by atoms with van der Waals surface area (Å²) in [5.74, 6) is 1.44. The lowest BCUT2D eigenvalue weighted by atomic mass is 9.98. The molecule has 0 spiro atoms. The predicted molar refractivity (Wildman–Crippen MR) is 130 cm³/mol. The van der Waals surface area contributed by atoms with Gasteiger partial charge >= 0.3 is 5.97 Å². The lowest BCUT2D eigenvalue weighted by Crippen LogP contribution is -2.17. The number of hydrogen-bond donors (Lipinski definition) is 3. The second kappa shape index (κ2) is 8.62. The van der Waals surface area contributed by atoms with Gasteiger partial charge in [-0.25, -0.2) is 4.79 Å². The molecular formula is C26H26N4O4. The third-order valence-electron chi connectivity index (χ3n) is 6.04. The van der Waals surface area contributed by atoms with Gasteiger partial charge in [-0.1, -0.05) is 18.2 Å². The van der Waals surface area contributed by atoms with E-state index in [1.165, 1.54) is 0 Å². The molecule has 2 heterocycles. The normalized spacial score (nSPS) is 14.3. The van der Waals surface area contributed by atoms with E-state index in [1.807, 2.05) is 60.3 Å². The molecule has 3 aliphatic rings. The van der Waals surface area contributed by atoms with Crippen molar-refractivity contribution in [2.24, 2.45) is 12.0 Å². The van der Waals surface area contributed by atoms with E-state index in [0.29, 0.717) is 18.6 Å². The number of anilines is 2. The number of aliphatic carboxylic acids is 1. The van der Waals surface area contributed by atoms with Crippen LogP contribution in [0.25, 0.3) is 22.4 Å². The van der Waals surface area contributed by atoms with Crippen LogP contribution in [0, 0.1) is 6.92 Å². The molecule has 8 heteroatoms. The first-order chi connectivity index (χ1) is 16.4. The Morgan fingerprint density at radius 1 is 1.09 bits per heavy atom. The maximum atomic E-state index is 11.1. The van der Waals surface area contributed by atoms with E-state index in [2.05, 4.69) is 28.4 Å². The summed E-state index contributed by atoms with van der Waals surface area (Å²) in [7, 11) is 1.91. The number of nitrogens with zero attached hydrogens (tertiary/aromatic N) is 2. The van der Waals surface area contributed by atoms with Crippen molar-refractivity contribution < 1.29 is 19.4 Å². The van der Waals surface area contributed by atoms with Crippen LogP contribution in [0.15, 0.2) is 59.6 Å². The molecule has 0 fully saturated rings. The van der Waals surface area contributed by atoms with Crippen LogP contribution in [0.4, 0.5) is 11.5 Å². The van der Waals surface area contributed by atoms with Crippen molar-refractivity contribution in [1.29, 1.82) is 0 Å². The number of ether oxygens (including phenoxy) is 2. The fourth-order valence-corrected chi connectivity index (χ4v) is 4.18. The summed E-state index contributed by atoms with van der Waals surface area (Å²) in [6.45, 7) is 4.77. The van der Waals surface area contributed by atoms with E-state index >= 15 is 0 Å². The number of carboxylic acids is 1. The first-order valence-electron chi connectivity index (χ1n) is 11.1. The summed E-state index contributed by atoms with van der Waals surface area (Å²) in [6, 6.07) is 17.0. The van der Waals surface area contributed by atoms with E-state index < -0.39 is 12.0 Å². The number of rotatable bonds is 5. The number of H-pyrrole nitrogens is 1. The number of fused-ring (bicyclic) bond motifs is 2. The molecule has 2 aliphatic heterocycles. The number of aryl methyl sites for hydroxylation is 1. The molecule has 0 aromatic heterocycles. The Bertz CT molecular complexity index is 1420. The van der Waals surface area contributed by atoms with Gasteiger partial charge in [0.25, 0.3) is 0 Å². The predicted octanol–water partition coefficient (Wildman–Crippen LogP) is 4.32. The fraction of sp³-hybridized carbons (Fsp3) is 0.231. The van der Waals surface area contributed by atoms with Gasteiger partial charge in [0.2, 0.25) is 0 Å². The first kappa shape index (κ1) is 21.6. The monoisotopic (exact) mass is 458 g/mol. The highest BCUT2D eigenvalue weighted by Gasteiger charge is 2.17. The summed E-state index contributed by atoms with van der Waals surface area (Å²) in [4.78, 5) is 15.4. The number of nitrogens with one attached hydrogen (secondary N) is 2. The fourth-order valence-electron chi connectivity index (χ4n) is 4.18. The zero-order valence-corrected chi connectivity index (χ0v) is 19.3. The topological polar surface area (TPSA) is 101 Å². The standard InChI is InChI=1S/C26H26N4O4/c1-15-19(17-7-10-23-24(13-17)34-12-11-33-23)5-4-6-21(15)28-25-20-9-8-18(27-16(2)26(31)32)14-22(20)30(3)29-25/h4-10,13-14,16,28-29H,11-12H2,1-3H3,(H,31,32). The molecule has 0 radical (unpaired) electrons. The van der Waals surface area contributed by atoms with Crippen LogP contribution >= 0.6 is 0 Å². The van der Waals surface area contributed by atoms with Crippen LogP contribution in [0.5, 0.6) is 11.5 Å². The Morgan fingerprint density at radius 2 is 1.88 bits per heavy atom. The number of hydrogen-bond acceptors (Lipinski definition) is 5. The van der Waals surface area contributed by atoms with Crippen molar-refractivity contribution in [2.75, 3.05) is 18.5 Å². The lowest BCUT2D eigenvalue weighted by molar-refractivity contribution is -0.138. The van der Waals surface area contributed by atoms with E-state index in [9.17, 15) is 4.79 Å². The van der Waals surface area contributed by atoms with Crippen LogP contribution in [-0.4, -0.2) is 40.1 Å². The smallest absolute Gasteiger partial charge is 0.328 e. The molecule has 0 bridgehead atoms. The Hall–Kier alpha value is -4.20. The van der Waals surface area contributed by atoms with Crippen molar-refractivity contribution in [1.82, 2.24) is 9.78 Å². The highest BCUT2D eigenvalue weighted by Crippen LogP contribution is 2.38. The minimum absolute atomic E-state index is 0.554. The molecule has 2 aromatic rings. The van der Waals surface area contributed by atoms with Crippen LogP contribution in [0.1, 0.15) is 12.5 Å². The van der Waals surface area contributed by atoms with E-state index in [0.717, 1.165) is 51.0 Å².